The highest BCUT2D eigenvalue weighted by atomic mass is 16.5. The zero-order valence-electron chi connectivity index (χ0n) is 5.37. The van der Waals surface area contributed by atoms with E-state index in [9.17, 15) is 9.59 Å². The summed E-state index contributed by atoms with van der Waals surface area (Å²) < 4.78 is 8.25. The predicted octanol–water partition coefficient (Wildman–Crippen LogP) is -0.232. The third-order valence-corrected chi connectivity index (χ3v) is 0.590. The van der Waals surface area contributed by atoms with Crippen molar-refractivity contribution in [2.24, 2.45) is 5.73 Å². The van der Waals surface area contributed by atoms with Gasteiger partial charge in [0.15, 0.2) is 0 Å². The Kier molecular flexibility index (Phi) is 3.70. The summed E-state index contributed by atoms with van der Waals surface area (Å²) in [7, 11) is 1.21. The minimum Gasteiger partial charge on any atom is -0.466 e. The molecular formula is C5H7NO4. The van der Waals surface area contributed by atoms with Gasteiger partial charge in [0.05, 0.1) is 13.2 Å². The van der Waals surface area contributed by atoms with Crippen molar-refractivity contribution in [3.8, 4) is 0 Å². The summed E-state index contributed by atoms with van der Waals surface area (Å²) in [6, 6.07) is 0. The molecule has 0 bridgehead atoms. The second kappa shape index (κ2) is 4.37. The number of primary amides is 1. The average Bonchev–Trinajstić information content (AvgIpc) is 1.87. The lowest BCUT2D eigenvalue weighted by Crippen LogP contribution is -2.09. The summed E-state index contributed by atoms with van der Waals surface area (Å²) >= 11 is 0. The molecule has 0 unspecified atom stereocenters. The number of methoxy groups -OCH3 is 1. The van der Waals surface area contributed by atoms with E-state index in [1.165, 1.54) is 7.11 Å². The van der Waals surface area contributed by atoms with E-state index in [2.05, 4.69) is 15.2 Å². The average molecular weight is 145 g/mol. The Morgan fingerprint density at radius 3 is 2.50 bits per heavy atom. The van der Waals surface area contributed by atoms with Crippen molar-refractivity contribution >= 4 is 12.1 Å². The summed E-state index contributed by atoms with van der Waals surface area (Å²) in [5.74, 6) is -0.610. The number of carbonyl (C=O) groups is 2. The zero-order chi connectivity index (χ0) is 7.98. The number of hydrogen-bond donors (Lipinski definition) is 1. The van der Waals surface area contributed by atoms with Crippen molar-refractivity contribution in [3.63, 3.8) is 0 Å². The largest absolute Gasteiger partial charge is 0.466 e. The van der Waals surface area contributed by atoms with Gasteiger partial charge in [0, 0.05) is 0 Å². The van der Waals surface area contributed by atoms with Crippen molar-refractivity contribution in [2.45, 2.75) is 0 Å². The summed E-state index contributed by atoms with van der Waals surface area (Å²) in [5.41, 5.74) is 4.56. The van der Waals surface area contributed by atoms with E-state index in [0.29, 0.717) is 0 Å². The van der Waals surface area contributed by atoms with Crippen LogP contribution >= 0.6 is 0 Å². The van der Waals surface area contributed by atoms with Crippen LogP contribution in [-0.2, 0) is 14.3 Å². The Balaban J connectivity index is 3.56. The highest BCUT2D eigenvalue weighted by Gasteiger charge is 1.91. The van der Waals surface area contributed by atoms with Crippen molar-refractivity contribution in [3.05, 3.63) is 12.3 Å². The maximum Gasteiger partial charge on any atom is 0.409 e. The molecule has 0 radical (unpaired) electrons. The number of amides is 1. The Labute approximate surface area is 57.4 Å². The molecule has 0 atom stereocenters. The molecule has 0 fully saturated rings. The normalized spacial score (nSPS) is 9.30. The maximum absolute atomic E-state index is 10.3. The number of esters is 1. The standard InChI is InChI=1S/C5H7NO4/c1-9-4(7)2-3-10-5(6)8/h2-3H,1H3,(H2,6,8). The van der Waals surface area contributed by atoms with Crippen LogP contribution in [0.25, 0.3) is 0 Å². The van der Waals surface area contributed by atoms with Crippen LogP contribution in [0.5, 0.6) is 0 Å². The number of carbonyl (C=O) groups excluding carboxylic acids is 2. The second-order valence-corrected chi connectivity index (χ2v) is 1.26. The lowest BCUT2D eigenvalue weighted by Gasteiger charge is -1.89. The van der Waals surface area contributed by atoms with Crippen LogP contribution in [0.1, 0.15) is 0 Å². The molecule has 0 saturated carbocycles. The maximum atomic E-state index is 10.3. The molecule has 5 nitrogen and oxygen atoms in total. The smallest absolute Gasteiger partial charge is 0.409 e. The third-order valence-electron chi connectivity index (χ3n) is 0.590. The van der Waals surface area contributed by atoms with E-state index in [4.69, 9.17) is 0 Å². The van der Waals surface area contributed by atoms with Gasteiger partial charge >= 0.3 is 12.1 Å². The molecule has 0 aromatic heterocycles. The van der Waals surface area contributed by atoms with Gasteiger partial charge in [-0.15, -0.1) is 0 Å². The Bertz CT molecular complexity index is 163. The summed E-state index contributed by atoms with van der Waals surface area (Å²) in [5, 5.41) is 0. The fourth-order valence-electron chi connectivity index (χ4n) is 0.225. The first kappa shape index (κ1) is 8.48. The van der Waals surface area contributed by atoms with Crippen molar-refractivity contribution in [2.75, 3.05) is 7.11 Å². The third kappa shape index (κ3) is 4.63. The molecule has 10 heavy (non-hydrogen) atoms. The van der Waals surface area contributed by atoms with Crippen LogP contribution in [0, 0.1) is 0 Å². The highest BCUT2D eigenvalue weighted by Crippen LogP contribution is 1.79. The van der Waals surface area contributed by atoms with Crippen molar-refractivity contribution in [1.29, 1.82) is 0 Å². The minimum absolute atomic E-state index is 0.610. The molecule has 0 aliphatic heterocycles. The van der Waals surface area contributed by atoms with Crippen LogP contribution in [0.4, 0.5) is 4.79 Å². The summed E-state index contributed by atoms with van der Waals surface area (Å²) in [6.07, 6.45) is 0.819. The second-order valence-electron chi connectivity index (χ2n) is 1.26. The van der Waals surface area contributed by atoms with Gasteiger partial charge in [-0.1, -0.05) is 0 Å². The predicted molar refractivity (Wildman–Crippen MR) is 31.8 cm³/mol. The van der Waals surface area contributed by atoms with Gasteiger partial charge in [-0.3, -0.25) is 0 Å². The van der Waals surface area contributed by atoms with Gasteiger partial charge in [-0.2, -0.15) is 0 Å². The Morgan fingerprint density at radius 1 is 1.50 bits per heavy atom. The highest BCUT2D eigenvalue weighted by molar-refractivity contribution is 5.81. The van der Waals surface area contributed by atoms with E-state index >= 15 is 0 Å². The zero-order valence-corrected chi connectivity index (χ0v) is 5.37. The van der Waals surface area contributed by atoms with E-state index < -0.39 is 12.1 Å². The van der Waals surface area contributed by atoms with Gasteiger partial charge < -0.3 is 15.2 Å². The SMILES string of the molecule is COC(=O)C=COC(N)=O. The van der Waals surface area contributed by atoms with E-state index in [0.717, 1.165) is 12.3 Å². The number of ether oxygens (including phenoxy) is 2. The fourth-order valence-corrected chi connectivity index (χ4v) is 0.225. The molecule has 0 spiro atoms. The van der Waals surface area contributed by atoms with Crippen LogP contribution < -0.4 is 5.73 Å². The molecule has 0 aliphatic carbocycles. The lowest BCUT2D eigenvalue weighted by atomic mass is 10.6. The molecule has 0 rings (SSSR count). The molecular weight excluding hydrogens is 138 g/mol. The van der Waals surface area contributed by atoms with E-state index in [1.807, 2.05) is 0 Å². The molecule has 56 valence electrons. The molecule has 0 aliphatic rings. The molecule has 2 N–H and O–H groups in total. The first-order chi connectivity index (χ1) is 4.66. The monoisotopic (exact) mass is 145 g/mol. The van der Waals surface area contributed by atoms with Crippen LogP contribution in [0.2, 0.25) is 0 Å². The minimum atomic E-state index is -0.972. The summed E-state index contributed by atoms with van der Waals surface area (Å²) in [6.45, 7) is 0. The molecule has 0 saturated heterocycles. The lowest BCUT2D eigenvalue weighted by molar-refractivity contribution is -0.134. The van der Waals surface area contributed by atoms with Crippen molar-refractivity contribution in [1.82, 2.24) is 0 Å². The summed E-state index contributed by atoms with van der Waals surface area (Å²) in [4.78, 5) is 20.1. The quantitative estimate of drug-likeness (QED) is 0.330. The molecule has 0 aromatic carbocycles. The van der Waals surface area contributed by atoms with Crippen molar-refractivity contribution < 1.29 is 19.1 Å². The van der Waals surface area contributed by atoms with Gasteiger partial charge in [0.2, 0.25) is 0 Å². The van der Waals surface area contributed by atoms with Gasteiger partial charge in [-0.05, 0) is 0 Å². The van der Waals surface area contributed by atoms with E-state index in [1.54, 1.807) is 0 Å². The van der Waals surface area contributed by atoms with Gasteiger partial charge in [0.25, 0.3) is 0 Å². The van der Waals surface area contributed by atoms with Crippen LogP contribution in [-0.4, -0.2) is 19.2 Å². The van der Waals surface area contributed by atoms with Crippen LogP contribution in [0.3, 0.4) is 0 Å². The molecule has 5 heteroatoms. The van der Waals surface area contributed by atoms with Crippen LogP contribution in [0.15, 0.2) is 12.3 Å². The molecule has 0 heterocycles. The fraction of sp³-hybridized carbons (Fsp3) is 0.200. The van der Waals surface area contributed by atoms with Gasteiger partial charge in [-0.25, -0.2) is 9.59 Å². The first-order valence-corrected chi connectivity index (χ1v) is 2.37. The number of hydrogen-bond acceptors (Lipinski definition) is 4. The van der Waals surface area contributed by atoms with Gasteiger partial charge in [0.1, 0.15) is 6.26 Å². The molecule has 0 aromatic rings. The number of nitrogens with two attached hydrogens (primary N) is 1. The van der Waals surface area contributed by atoms with E-state index in [-0.39, 0.29) is 0 Å². The first-order valence-electron chi connectivity index (χ1n) is 2.37. The number of rotatable bonds is 2. The molecule has 1 amide bonds. The Morgan fingerprint density at radius 2 is 2.10 bits per heavy atom. The topological polar surface area (TPSA) is 78.6 Å². The Hall–Kier alpha value is -1.52.